The fraction of sp³-hybridized carbons (Fsp3) is 0.385. The molecule has 0 fully saturated rings. The molecule has 8 heteroatoms. The van der Waals surface area contributed by atoms with Crippen LogP contribution < -0.4 is 15.7 Å². The summed E-state index contributed by atoms with van der Waals surface area (Å²) in [7, 11) is -1.25. The molecule has 0 saturated carbocycles. The van der Waals surface area contributed by atoms with Crippen LogP contribution in [0.1, 0.15) is 22.8 Å². The molecule has 1 aliphatic heterocycles. The Balaban J connectivity index is 2.24. The standard InChI is InChI=1S/C13H17BN2O5/c1-2-20-13(18)9-5-3-4-8-6-10(16-11(17)7-15)14(19)21-12(8)9/h3-5,10,19H,2,6-7,15H2,1H3,(H,16,17)/t10-/m0/s1. The highest BCUT2D eigenvalue weighted by atomic mass is 16.5. The summed E-state index contributed by atoms with van der Waals surface area (Å²) in [6.45, 7) is 1.79. The number of fused-ring (bicyclic) bond motifs is 1. The van der Waals surface area contributed by atoms with Crippen LogP contribution in [0.4, 0.5) is 0 Å². The first kappa shape index (κ1) is 15.3. The van der Waals surface area contributed by atoms with Gasteiger partial charge in [-0.15, -0.1) is 0 Å². The van der Waals surface area contributed by atoms with E-state index in [1.165, 1.54) is 0 Å². The van der Waals surface area contributed by atoms with Gasteiger partial charge in [-0.25, -0.2) is 4.79 Å². The summed E-state index contributed by atoms with van der Waals surface area (Å²) >= 11 is 0. The molecule has 1 atom stereocenters. The Morgan fingerprint density at radius 3 is 3.00 bits per heavy atom. The lowest BCUT2D eigenvalue weighted by Crippen LogP contribution is -2.54. The molecule has 0 aromatic heterocycles. The molecule has 21 heavy (non-hydrogen) atoms. The van der Waals surface area contributed by atoms with Crippen molar-refractivity contribution in [2.75, 3.05) is 13.2 Å². The molecule has 4 N–H and O–H groups in total. The Kier molecular flexibility index (Phi) is 4.82. The van der Waals surface area contributed by atoms with Crippen molar-refractivity contribution in [1.29, 1.82) is 0 Å². The number of ether oxygens (including phenoxy) is 1. The quantitative estimate of drug-likeness (QED) is 0.498. The van der Waals surface area contributed by atoms with Crippen molar-refractivity contribution in [1.82, 2.24) is 5.32 Å². The van der Waals surface area contributed by atoms with Crippen molar-refractivity contribution >= 4 is 19.0 Å². The highest BCUT2D eigenvalue weighted by molar-refractivity contribution is 6.47. The number of carbonyl (C=O) groups excluding carboxylic acids is 2. The second-order valence-corrected chi connectivity index (χ2v) is 4.60. The van der Waals surface area contributed by atoms with E-state index in [2.05, 4.69) is 5.32 Å². The number of carbonyl (C=O) groups is 2. The maximum Gasteiger partial charge on any atom is 0.547 e. The van der Waals surface area contributed by atoms with E-state index in [9.17, 15) is 14.6 Å². The first-order valence-corrected chi connectivity index (χ1v) is 6.70. The molecule has 1 aromatic rings. The zero-order valence-electron chi connectivity index (χ0n) is 11.7. The number of para-hydroxylation sites is 1. The summed E-state index contributed by atoms with van der Waals surface area (Å²) in [6.07, 6.45) is 0.343. The monoisotopic (exact) mass is 292 g/mol. The van der Waals surface area contributed by atoms with Gasteiger partial charge in [0.2, 0.25) is 5.91 Å². The summed E-state index contributed by atoms with van der Waals surface area (Å²) < 4.78 is 10.3. The molecule has 112 valence electrons. The number of hydrogen-bond acceptors (Lipinski definition) is 6. The van der Waals surface area contributed by atoms with Gasteiger partial charge in [0.15, 0.2) is 0 Å². The predicted molar refractivity (Wildman–Crippen MR) is 75.7 cm³/mol. The Morgan fingerprint density at radius 1 is 1.57 bits per heavy atom. The minimum absolute atomic E-state index is 0.168. The fourth-order valence-electron chi connectivity index (χ4n) is 2.18. The summed E-state index contributed by atoms with van der Waals surface area (Å²) in [5.41, 5.74) is 6.21. The predicted octanol–water partition coefficient (Wildman–Crippen LogP) is -0.739. The van der Waals surface area contributed by atoms with E-state index >= 15 is 0 Å². The topological polar surface area (TPSA) is 111 Å². The number of nitrogens with one attached hydrogen (secondary N) is 1. The zero-order valence-corrected chi connectivity index (χ0v) is 11.7. The van der Waals surface area contributed by atoms with E-state index in [0.717, 1.165) is 0 Å². The van der Waals surface area contributed by atoms with Gasteiger partial charge in [0.05, 0.1) is 19.1 Å². The molecule has 1 aromatic carbocycles. The SMILES string of the molecule is CCOC(=O)c1cccc2c1OB(O)[C@@H](NC(=O)CN)C2. The molecule has 0 aliphatic carbocycles. The number of benzene rings is 1. The van der Waals surface area contributed by atoms with Gasteiger partial charge in [0.1, 0.15) is 11.3 Å². The van der Waals surface area contributed by atoms with Crippen molar-refractivity contribution in [3.63, 3.8) is 0 Å². The van der Waals surface area contributed by atoms with Crippen molar-refractivity contribution in [2.24, 2.45) is 5.73 Å². The Hall–Kier alpha value is -2.06. The van der Waals surface area contributed by atoms with Gasteiger partial charge >= 0.3 is 13.1 Å². The number of amides is 1. The molecule has 0 unspecified atom stereocenters. The maximum absolute atomic E-state index is 11.9. The molecule has 1 heterocycles. The molecule has 0 saturated heterocycles. The van der Waals surface area contributed by atoms with Crippen LogP contribution in [0, 0.1) is 0 Å². The van der Waals surface area contributed by atoms with Gasteiger partial charge < -0.3 is 25.5 Å². The summed E-state index contributed by atoms with van der Waals surface area (Å²) in [6, 6.07) is 5.04. The molecular formula is C13H17BN2O5. The van der Waals surface area contributed by atoms with Crippen LogP contribution in [-0.2, 0) is 16.0 Å². The molecule has 0 spiro atoms. The average Bonchev–Trinajstić information content (AvgIpc) is 2.47. The lowest BCUT2D eigenvalue weighted by molar-refractivity contribution is -0.120. The number of rotatable bonds is 4. The fourth-order valence-corrected chi connectivity index (χ4v) is 2.18. The third kappa shape index (κ3) is 3.34. The normalized spacial score (nSPS) is 16.7. The average molecular weight is 292 g/mol. The van der Waals surface area contributed by atoms with Gasteiger partial charge in [-0.05, 0) is 25.0 Å². The first-order chi connectivity index (χ1) is 10.1. The van der Waals surface area contributed by atoms with Crippen LogP contribution in [0.2, 0.25) is 0 Å². The van der Waals surface area contributed by atoms with Gasteiger partial charge in [0.25, 0.3) is 0 Å². The van der Waals surface area contributed by atoms with Crippen LogP contribution >= 0.6 is 0 Å². The molecule has 7 nitrogen and oxygen atoms in total. The van der Waals surface area contributed by atoms with Crippen molar-refractivity contribution < 1.29 is 24.0 Å². The van der Waals surface area contributed by atoms with Crippen molar-refractivity contribution in [3.05, 3.63) is 29.3 Å². The van der Waals surface area contributed by atoms with Crippen LogP contribution in [0.25, 0.3) is 0 Å². The summed E-state index contributed by atoms with van der Waals surface area (Å²) in [5, 5.41) is 12.5. The number of hydrogen-bond donors (Lipinski definition) is 3. The minimum atomic E-state index is -1.25. The van der Waals surface area contributed by atoms with Crippen molar-refractivity contribution in [3.8, 4) is 5.75 Å². The highest BCUT2D eigenvalue weighted by Gasteiger charge is 2.37. The van der Waals surface area contributed by atoms with Gasteiger partial charge in [0, 0.05) is 0 Å². The van der Waals surface area contributed by atoms with E-state index < -0.39 is 19.0 Å². The lowest BCUT2D eigenvalue weighted by atomic mass is 9.72. The second kappa shape index (κ2) is 6.60. The van der Waals surface area contributed by atoms with Crippen LogP contribution in [0.5, 0.6) is 5.75 Å². The zero-order chi connectivity index (χ0) is 15.4. The Morgan fingerprint density at radius 2 is 2.33 bits per heavy atom. The van der Waals surface area contributed by atoms with Gasteiger partial charge in [-0.3, -0.25) is 4.79 Å². The van der Waals surface area contributed by atoms with Gasteiger partial charge in [-0.1, -0.05) is 12.1 Å². The Labute approximate surface area is 122 Å². The van der Waals surface area contributed by atoms with Crippen LogP contribution in [0.15, 0.2) is 18.2 Å². The molecule has 2 rings (SSSR count). The largest absolute Gasteiger partial charge is 0.547 e. The molecule has 0 bridgehead atoms. The number of nitrogens with two attached hydrogens (primary N) is 1. The van der Waals surface area contributed by atoms with Crippen LogP contribution in [-0.4, -0.2) is 43.1 Å². The Bertz CT molecular complexity index is 551. The maximum atomic E-state index is 11.9. The first-order valence-electron chi connectivity index (χ1n) is 6.70. The van der Waals surface area contributed by atoms with Crippen LogP contribution in [0.3, 0.4) is 0 Å². The van der Waals surface area contributed by atoms with E-state index in [4.69, 9.17) is 15.1 Å². The van der Waals surface area contributed by atoms with E-state index in [1.54, 1.807) is 25.1 Å². The molecular weight excluding hydrogens is 275 g/mol. The molecule has 1 amide bonds. The van der Waals surface area contributed by atoms with E-state index in [-0.39, 0.29) is 24.6 Å². The molecule has 1 aliphatic rings. The third-order valence-electron chi connectivity index (χ3n) is 3.15. The summed E-state index contributed by atoms with van der Waals surface area (Å²) in [4.78, 5) is 23.2. The lowest BCUT2D eigenvalue weighted by Gasteiger charge is -2.29. The summed E-state index contributed by atoms with van der Waals surface area (Å²) in [5.74, 6) is -1.20. The highest BCUT2D eigenvalue weighted by Crippen LogP contribution is 2.30. The number of esters is 1. The second-order valence-electron chi connectivity index (χ2n) is 4.60. The van der Waals surface area contributed by atoms with E-state index in [1.807, 2.05) is 0 Å². The molecule has 0 radical (unpaired) electrons. The third-order valence-corrected chi connectivity index (χ3v) is 3.15. The smallest absolute Gasteiger partial charge is 0.534 e. The minimum Gasteiger partial charge on any atom is -0.534 e. The van der Waals surface area contributed by atoms with Crippen molar-refractivity contribution in [2.45, 2.75) is 19.3 Å². The van der Waals surface area contributed by atoms with Gasteiger partial charge in [-0.2, -0.15) is 0 Å². The van der Waals surface area contributed by atoms with E-state index in [0.29, 0.717) is 17.7 Å².